The average molecular weight is 382 g/mol. The summed E-state index contributed by atoms with van der Waals surface area (Å²) in [5.41, 5.74) is 0.864. The smallest absolute Gasteiger partial charge is 0.408 e. The van der Waals surface area contributed by atoms with Crippen molar-refractivity contribution in [1.29, 1.82) is 0 Å². The molecule has 0 fully saturated rings. The number of esters is 1. The summed E-state index contributed by atoms with van der Waals surface area (Å²) >= 11 is 0. The van der Waals surface area contributed by atoms with Crippen molar-refractivity contribution in [2.24, 2.45) is 0 Å². The van der Waals surface area contributed by atoms with E-state index in [1.807, 2.05) is 30.3 Å². The molecule has 1 N–H and O–H groups in total. The minimum Gasteiger partial charge on any atom is -0.467 e. The number of ether oxygens (including phenoxy) is 2. The van der Waals surface area contributed by atoms with Crippen LogP contribution in [0.15, 0.2) is 30.3 Å². The fourth-order valence-corrected chi connectivity index (χ4v) is 3.52. The Balaban J connectivity index is 2.74. The Bertz CT molecular complexity index is 598. The molecule has 0 aromatic heterocycles. The Morgan fingerprint density at radius 3 is 2.23 bits per heavy atom. The lowest BCUT2D eigenvalue weighted by Gasteiger charge is -2.39. The van der Waals surface area contributed by atoms with Gasteiger partial charge in [-0.3, -0.25) is 0 Å². The van der Waals surface area contributed by atoms with Gasteiger partial charge in [-0.2, -0.15) is 0 Å². The zero-order valence-corrected chi connectivity index (χ0v) is 17.8. The van der Waals surface area contributed by atoms with Crippen molar-refractivity contribution in [3.63, 3.8) is 0 Å². The molecule has 0 saturated carbocycles. The Morgan fingerprint density at radius 1 is 1.15 bits per heavy atom. The van der Waals surface area contributed by atoms with Gasteiger partial charge in [0.1, 0.15) is 6.61 Å². The van der Waals surface area contributed by atoms with Gasteiger partial charge < -0.3 is 19.2 Å². The number of hydrogen-bond donors (Lipinski definition) is 1. The van der Waals surface area contributed by atoms with Crippen LogP contribution in [0.3, 0.4) is 0 Å². The Hall–Kier alpha value is -1.86. The molecule has 1 rings (SSSR count). The van der Waals surface area contributed by atoms with Gasteiger partial charge >= 0.3 is 12.1 Å². The number of carbonyl (C=O) groups excluding carboxylic acids is 2. The van der Waals surface area contributed by atoms with Crippen LogP contribution in [-0.4, -0.2) is 39.6 Å². The molecule has 1 aromatic rings. The van der Waals surface area contributed by atoms with E-state index in [0.29, 0.717) is 0 Å². The molecule has 0 radical (unpaired) electrons. The number of benzene rings is 1. The van der Waals surface area contributed by atoms with Gasteiger partial charge in [-0.1, -0.05) is 51.1 Å². The van der Waals surface area contributed by atoms with Crippen LogP contribution < -0.4 is 5.32 Å². The molecule has 146 valence electrons. The molecule has 7 heteroatoms. The number of alkyl carbamates (subject to hydrolysis) is 1. The van der Waals surface area contributed by atoms with Crippen molar-refractivity contribution in [2.45, 2.75) is 64.6 Å². The van der Waals surface area contributed by atoms with Crippen molar-refractivity contribution in [2.75, 3.05) is 7.11 Å². The number of hydrogen-bond acceptors (Lipinski definition) is 5. The van der Waals surface area contributed by atoms with Crippen molar-refractivity contribution in [1.82, 2.24) is 5.32 Å². The van der Waals surface area contributed by atoms with Crippen LogP contribution in [0.5, 0.6) is 0 Å². The van der Waals surface area contributed by atoms with Crippen molar-refractivity contribution in [3.05, 3.63) is 35.9 Å². The number of amides is 1. The third-order valence-corrected chi connectivity index (χ3v) is 9.27. The zero-order chi connectivity index (χ0) is 20.0. The highest BCUT2D eigenvalue weighted by atomic mass is 28.4. The lowest BCUT2D eigenvalue weighted by atomic mass is 10.2. The molecule has 0 saturated heterocycles. The molecule has 1 aromatic carbocycles. The summed E-state index contributed by atoms with van der Waals surface area (Å²) < 4.78 is 16.2. The Kier molecular flexibility index (Phi) is 7.83. The van der Waals surface area contributed by atoms with Gasteiger partial charge in [-0.25, -0.2) is 9.59 Å². The van der Waals surface area contributed by atoms with E-state index >= 15 is 0 Å². The first kappa shape index (κ1) is 22.2. The van der Waals surface area contributed by atoms with Gasteiger partial charge in [0.05, 0.1) is 13.2 Å². The largest absolute Gasteiger partial charge is 0.467 e. The predicted octanol–water partition coefficient (Wildman–Crippen LogP) is 3.86. The zero-order valence-electron chi connectivity index (χ0n) is 16.8. The van der Waals surface area contributed by atoms with E-state index in [0.717, 1.165) is 5.56 Å². The number of nitrogens with one attached hydrogen (secondary N) is 1. The number of methoxy groups -OCH3 is 1. The fourth-order valence-electron chi connectivity index (χ4n) is 2.10. The standard InChI is InChI=1S/C19H31NO5Si/c1-14(25-26(6,7)19(2,3)4)16(17(21)23-5)20-18(22)24-13-15-11-9-8-10-12-15/h8-12,14,16H,13H2,1-7H3,(H,20,22)/t14-,16+/m0/s1. The molecule has 0 heterocycles. The summed E-state index contributed by atoms with van der Waals surface area (Å²) in [6, 6.07) is 8.39. The maximum Gasteiger partial charge on any atom is 0.408 e. The van der Waals surface area contributed by atoms with Crippen LogP contribution in [0.25, 0.3) is 0 Å². The summed E-state index contributed by atoms with van der Waals surface area (Å²) in [4.78, 5) is 24.3. The first-order chi connectivity index (χ1) is 12.0. The van der Waals surface area contributed by atoms with Gasteiger partial charge in [0.15, 0.2) is 14.4 Å². The summed E-state index contributed by atoms with van der Waals surface area (Å²) in [5.74, 6) is -0.562. The first-order valence-corrected chi connectivity index (χ1v) is 11.6. The van der Waals surface area contributed by atoms with Crippen LogP contribution in [0.2, 0.25) is 18.1 Å². The molecular formula is C19H31NO5Si. The quantitative estimate of drug-likeness (QED) is 0.573. The van der Waals surface area contributed by atoms with Crippen molar-refractivity contribution in [3.8, 4) is 0 Å². The summed E-state index contributed by atoms with van der Waals surface area (Å²) in [7, 11) is -0.828. The predicted molar refractivity (Wildman–Crippen MR) is 103 cm³/mol. The van der Waals surface area contributed by atoms with Crippen LogP contribution in [0.1, 0.15) is 33.3 Å². The third kappa shape index (κ3) is 6.46. The maximum atomic E-state index is 12.1. The molecule has 0 bridgehead atoms. The highest BCUT2D eigenvalue weighted by molar-refractivity contribution is 6.74. The molecule has 1 amide bonds. The SMILES string of the molecule is COC(=O)[C@H](NC(=O)OCc1ccccc1)[C@H](C)O[Si](C)(C)C(C)(C)C. The lowest BCUT2D eigenvalue weighted by molar-refractivity contribution is -0.145. The molecule has 0 aliphatic rings. The van der Waals surface area contributed by atoms with Crippen LogP contribution in [-0.2, 0) is 25.3 Å². The van der Waals surface area contributed by atoms with Crippen LogP contribution in [0.4, 0.5) is 4.79 Å². The first-order valence-electron chi connectivity index (χ1n) is 8.71. The van der Waals surface area contributed by atoms with Crippen LogP contribution in [0, 0.1) is 0 Å². The van der Waals surface area contributed by atoms with Crippen molar-refractivity contribution >= 4 is 20.4 Å². The number of rotatable bonds is 7. The van der Waals surface area contributed by atoms with Gasteiger partial charge in [0.2, 0.25) is 0 Å². The molecule has 0 spiro atoms. The van der Waals surface area contributed by atoms with E-state index in [9.17, 15) is 9.59 Å². The van der Waals surface area contributed by atoms with E-state index in [4.69, 9.17) is 13.9 Å². The monoisotopic (exact) mass is 381 g/mol. The second-order valence-electron chi connectivity index (χ2n) is 7.79. The minimum absolute atomic E-state index is 0.0181. The van der Waals surface area contributed by atoms with Gasteiger partial charge in [-0.15, -0.1) is 0 Å². The maximum absolute atomic E-state index is 12.1. The van der Waals surface area contributed by atoms with Crippen molar-refractivity contribution < 1.29 is 23.5 Å². The lowest BCUT2D eigenvalue weighted by Crippen LogP contribution is -2.54. The second-order valence-corrected chi connectivity index (χ2v) is 12.5. The molecule has 0 aliphatic heterocycles. The molecule has 6 nitrogen and oxygen atoms in total. The Labute approximate surface area is 157 Å². The van der Waals surface area contributed by atoms with E-state index in [1.165, 1.54) is 7.11 Å². The van der Waals surface area contributed by atoms with E-state index in [-0.39, 0.29) is 11.6 Å². The highest BCUT2D eigenvalue weighted by Crippen LogP contribution is 2.37. The highest BCUT2D eigenvalue weighted by Gasteiger charge is 2.41. The molecule has 0 aliphatic carbocycles. The van der Waals surface area contributed by atoms with E-state index in [2.05, 4.69) is 39.2 Å². The summed E-state index contributed by atoms with van der Waals surface area (Å²) in [5, 5.41) is 2.56. The molecule has 0 unspecified atom stereocenters. The van der Waals surface area contributed by atoms with Crippen LogP contribution >= 0.6 is 0 Å². The Morgan fingerprint density at radius 2 is 1.73 bits per heavy atom. The van der Waals surface area contributed by atoms with E-state index < -0.39 is 32.5 Å². The molecular weight excluding hydrogens is 350 g/mol. The fraction of sp³-hybridized carbons (Fsp3) is 0.579. The summed E-state index contributed by atoms with van der Waals surface area (Å²) in [6.07, 6.45) is -1.22. The molecule has 26 heavy (non-hydrogen) atoms. The minimum atomic E-state index is -2.11. The van der Waals surface area contributed by atoms with Gasteiger partial charge in [0.25, 0.3) is 0 Å². The normalized spacial score (nSPS) is 14.3. The van der Waals surface area contributed by atoms with Gasteiger partial charge in [0, 0.05) is 0 Å². The summed E-state index contributed by atoms with van der Waals surface area (Å²) in [6.45, 7) is 12.4. The molecule has 2 atom stereocenters. The topological polar surface area (TPSA) is 73.9 Å². The number of carbonyl (C=O) groups is 2. The third-order valence-electron chi connectivity index (χ3n) is 4.70. The van der Waals surface area contributed by atoms with E-state index in [1.54, 1.807) is 6.92 Å². The second kappa shape index (κ2) is 9.18. The average Bonchev–Trinajstić information content (AvgIpc) is 2.56. The van der Waals surface area contributed by atoms with Gasteiger partial charge in [-0.05, 0) is 30.6 Å².